The molecular formula is C32H28N2. The quantitative estimate of drug-likeness (QED) is 0.257. The Kier molecular flexibility index (Phi) is 4.26. The van der Waals surface area contributed by atoms with Crippen molar-refractivity contribution in [3.63, 3.8) is 0 Å². The molecule has 2 heteroatoms. The lowest BCUT2D eigenvalue weighted by atomic mass is 9.95. The van der Waals surface area contributed by atoms with E-state index >= 15 is 0 Å². The predicted molar refractivity (Wildman–Crippen MR) is 144 cm³/mol. The highest BCUT2D eigenvalue weighted by Crippen LogP contribution is 2.42. The first kappa shape index (κ1) is 19.7. The number of aryl methyl sites for hydroxylation is 3. The van der Waals surface area contributed by atoms with Crippen molar-refractivity contribution < 1.29 is 0 Å². The molecule has 34 heavy (non-hydrogen) atoms. The highest BCUT2D eigenvalue weighted by atomic mass is 15.0. The fourth-order valence-corrected chi connectivity index (χ4v) is 6.18. The predicted octanol–water partition coefficient (Wildman–Crippen LogP) is 8.22. The van der Waals surface area contributed by atoms with Gasteiger partial charge in [-0.15, -0.1) is 0 Å². The van der Waals surface area contributed by atoms with E-state index in [4.69, 9.17) is 0 Å². The lowest BCUT2D eigenvalue weighted by Gasteiger charge is -2.16. The van der Waals surface area contributed by atoms with Crippen LogP contribution in [0.5, 0.6) is 0 Å². The summed E-state index contributed by atoms with van der Waals surface area (Å²) in [6, 6.07) is 31.5. The SMILES string of the molecule is Cc1cccc(-n2c3c(c4ccc5c(c6ccccc6n5-c5cccc(C)c5)c42)CCCC3)c1. The normalized spacial score (nSPS) is 13.7. The van der Waals surface area contributed by atoms with Crippen LogP contribution in [0.25, 0.3) is 44.1 Å². The topological polar surface area (TPSA) is 9.86 Å². The number of hydrogen-bond donors (Lipinski definition) is 0. The molecule has 1 aliphatic rings. The van der Waals surface area contributed by atoms with Crippen molar-refractivity contribution in [1.29, 1.82) is 0 Å². The molecule has 6 aromatic rings. The molecule has 0 atom stereocenters. The molecule has 0 fully saturated rings. The maximum absolute atomic E-state index is 2.59. The van der Waals surface area contributed by atoms with Gasteiger partial charge in [-0.3, -0.25) is 0 Å². The number of hydrogen-bond acceptors (Lipinski definition) is 0. The molecule has 0 N–H and O–H groups in total. The van der Waals surface area contributed by atoms with Crippen LogP contribution >= 0.6 is 0 Å². The first-order valence-corrected chi connectivity index (χ1v) is 12.4. The molecule has 0 bridgehead atoms. The zero-order valence-corrected chi connectivity index (χ0v) is 19.8. The summed E-state index contributed by atoms with van der Waals surface area (Å²) in [6.45, 7) is 4.37. The summed E-state index contributed by atoms with van der Waals surface area (Å²) in [5.74, 6) is 0. The van der Waals surface area contributed by atoms with Crippen LogP contribution in [0.3, 0.4) is 0 Å². The molecule has 0 saturated heterocycles. The lowest BCUT2D eigenvalue weighted by Crippen LogP contribution is -2.07. The monoisotopic (exact) mass is 440 g/mol. The fraction of sp³-hybridized carbons (Fsp3) is 0.188. The van der Waals surface area contributed by atoms with Crippen molar-refractivity contribution in [1.82, 2.24) is 9.13 Å². The third kappa shape index (κ3) is 2.75. The Morgan fingerprint density at radius 2 is 1.29 bits per heavy atom. The molecule has 1 aliphatic carbocycles. The van der Waals surface area contributed by atoms with Crippen molar-refractivity contribution in [3.05, 3.63) is 107 Å². The summed E-state index contributed by atoms with van der Waals surface area (Å²) >= 11 is 0. The largest absolute Gasteiger partial charge is 0.313 e. The number of aromatic nitrogens is 2. The first-order valence-electron chi connectivity index (χ1n) is 12.4. The van der Waals surface area contributed by atoms with Crippen molar-refractivity contribution >= 4 is 32.7 Å². The van der Waals surface area contributed by atoms with E-state index in [1.54, 1.807) is 5.56 Å². The fourth-order valence-electron chi connectivity index (χ4n) is 6.18. The summed E-state index contributed by atoms with van der Waals surface area (Å²) in [5.41, 5.74) is 12.1. The first-order chi connectivity index (χ1) is 16.7. The van der Waals surface area contributed by atoms with Gasteiger partial charge in [-0.05, 0) is 92.6 Å². The molecule has 2 heterocycles. The van der Waals surface area contributed by atoms with Crippen molar-refractivity contribution in [3.8, 4) is 11.4 Å². The van der Waals surface area contributed by atoms with Crippen LogP contribution in [0.4, 0.5) is 0 Å². The molecule has 0 saturated carbocycles. The van der Waals surface area contributed by atoms with E-state index in [1.807, 2.05) is 0 Å². The summed E-state index contributed by atoms with van der Waals surface area (Å²) in [6.07, 6.45) is 4.87. The van der Waals surface area contributed by atoms with Gasteiger partial charge in [0.1, 0.15) is 0 Å². The highest BCUT2D eigenvalue weighted by Gasteiger charge is 2.25. The van der Waals surface area contributed by atoms with E-state index in [1.165, 1.54) is 80.2 Å². The Morgan fingerprint density at radius 1 is 0.588 bits per heavy atom. The van der Waals surface area contributed by atoms with Gasteiger partial charge in [0.2, 0.25) is 0 Å². The molecular weight excluding hydrogens is 412 g/mol. The number of benzene rings is 4. The van der Waals surface area contributed by atoms with E-state index in [-0.39, 0.29) is 0 Å². The van der Waals surface area contributed by atoms with Gasteiger partial charge in [-0.2, -0.15) is 0 Å². The Labute approximate surface area is 200 Å². The van der Waals surface area contributed by atoms with Gasteiger partial charge in [0.05, 0.1) is 16.6 Å². The van der Waals surface area contributed by atoms with Crippen LogP contribution in [0.15, 0.2) is 84.9 Å². The van der Waals surface area contributed by atoms with Crippen LogP contribution in [-0.2, 0) is 12.8 Å². The van der Waals surface area contributed by atoms with Crippen LogP contribution in [0.1, 0.15) is 35.2 Å². The smallest absolute Gasteiger partial charge is 0.0634 e. The minimum atomic E-state index is 1.15. The third-order valence-electron chi connectivity index (χ3n) is 7.59. The number of para-hydroxylation sites is 1. The molecule has 2 aromatic heterocycles. The van der Waals surface area contributed by atoms with Gasteiger partial charge < -0.3 is 9.13 Å². The van der Waals surface area contributed by atoms with Crippen molar-refractivity contribution in [2.24, 2.45) is 0 Å². The van der Waals surface area contributed by atoms with Crippen LogP contribution in [-0.4, -0.2) is 9.13 Å². The molecule has 7 rings (SSSR count). The maximum Gasteiger partial charge on any atom is 0.0634 e. The lowest BCUT2D eigenvalue weighted by molar-refractivity contribution is 0.667. The second kappa shape index (κ2) is 7.36. The highest BCUT2D eigenvalue weighted by molar-refractivity contribution is 6.21. The van der Waals surface area contributed by atoms with E-state index in [9.17, 15) is 0 Å². The van der Waals surface area contributed by atoms with E-state index in [0.717, 1.165) is 6.42 Å². The second-order valence-corrected chi connectivity index (χ2v) is 9.85. The Hall–Kier alpha value is -3.78. The summed E-state index contributed by atoms with van der Waals surface area (Å²) in [7, 11) is 0. The number of fused-ring (bicyclic) bond motifs is 7. The third-order valence-corrected chi connectivity index (χ3v) is 7.59. The van der Waals surface area contributed by atoms with Gasteiger partial charge in [0, 0.05) is 33.2 Å². The number of rotatable bonds is 2. The maximum atomic E-state index is 2.59. The Balaban J connectivity index is 1.70. The zero-order valence-electron chi connectivity index (χ0n) is 19.8. The molecule has 2 nitrogen and oxygen atoms in total. The Morgan fingerprint density at radius 3 is 2.06 bits per heavy atom. The second-order valence-electron chi connectivity index (χ2n) is 9.85. The average molecular weight is 441 g/mol. The number of nitrogens with zero attached hydrogens (tertiary/aromatic N) is 2. The zero-order chi connectivity index (χ0) is 22.8. The minimum Gasteiger partial charge on any atom is -0.313 e. The molecule has 4 aromatic carbocycles. The summed E-state index contributed by atoms with van der Waals surface area (Å²) in [5, 5.41) is 4.12. The molecule has 0 spiro atoms. The molecule has 0 amide bonds. The molecule has 166 valence electrons. The molecule has 0 aliphatic heterocycles. The van der Waals surface area contributed by atoms with Crippen LogP contribution < -0.4 is 0 Å². The van der Waals surface area contributed by atoms with Gasteiger partial charge >= 0.3 is 0 Å². The van der Waals surface area contributed by atoms with Gasteiger partial charge in [-0.25, -0.2) is 0 Å². The van der Waals surface area contributed by atoms with E-state index in [0.29, 0.717) is 0 Å². The van der Waals surface area contributed by atoms with Crippen LogP contribution in [0, 0.1) is 13.8 Å². The minimum absolute atomic E-state index is 1.15. The van der Waals surface area contributed by atoms with Crippen molar-refractivity contribution in [2.45, 2.75) is 39.5 Å². The standard InChI is InChI=1S/C32H28N2/c1-21-9-7-11-23(19-21)33-29-16-6-4-14-27(29)31-30(33)18-17-26-25-13-3-5-15-28(25)34(32(26)31)24-12-8-10-22(2)20-24/h4,6-12,14,16-20H,3,5,13,15H2,1-2H3. The van der Waals surface area contributed by atoms with E-state index < -0.39 is 0 Å². The summed E-state index contributed by atoms with van der Waals surface area (Å²) in [4.78, 5) is 0. The van der Waals surface area contributed by atoms with Gasteiger partial charge in [0.25, 0.3) is 0 Å². The van der Waals surface area contributed by atoms with Crippen LogP contribution in [0.2, 0.25) is 0 Å². The average Bonchev–Trinajstić information content (AvgIpc) is 3.37. The molecule has 0 unspecified atom stereocenters. The van der Waals surface area contributed by atoms with Crippen molar-refractivity contribution in [2.75, 3.05) is 0 Å². The van der Waals surface area contributed by atoms with E-state index in [2.05, 4.69) is 108 Å². The molecule has 0 radical (unpaired) electrons. The summed E-state index contributed by atoms with van der Waals surface area (Å²) < 4.78 is 5.04. The van der Waals surface area contributed by atoms with Gasteiger partial charge in [-0.1, -0.05) is 48.5 Å². The van der Waals surface area contributed by atoms with Gasteiger partial charge in [0.15, 0.2) is 0 Å². The Bertz CT molecular complexity index is 1730.